The minimum Gasteiger partial charge on any atom is -0.488 e. The highest BCUT2D eigenvalue weighted by Gasteiger charge is 2.16. The summed E-state index contributed by atoms with van der Waals surface area (Å²) in [6, 6.07) is 19.9. The number of nitrogens with zero attached hydrogens (tertiary/aromatic N) is 1. The standard InChI is InChI=1S/C26H25N3O5S/c1-17-8-14-22(15-9-17)35(31,32)29-21-12-10-20(11-13-21)27-26(30)23-6-4-5-7-25(23)33-16-24-18(2)28-34-19(24)3/h4-15,29H,16H2,1-3H3,(H,27,30). The maximum Gasteiger partial charge on any atom is 0.261 e. The number of hydrogen-bond acceptors (Lipinski definition) is 6. The van der Waals surface area contributed by atoms with Crippen molar-refractivity contribution in [2.75, 3.05) is 10.0 Å². The summed E-state index contributed by atoms with van der Waals surface area (Å²) in [6.07, 6.45) is 0. The van der Waals surface area contributed by atoms with Gasteiger partial charge in [0, 0.05) is 11.4 Å². The molecule has 3 aromatic carbocycles. The molecule has 0 fully saturated rings. The molecule has 0 atom stereocenters. The first-order valence-corrected chi connectivity index (χ1v) is 12.4. The molecule has 180 valence electrons. The van der Waals surface area contributed by atoms with Gasteiger partial charge in [0.2, 0.25) is 0 Å². The van der Waals surface area contributed by atoms with E-state index in [0.717, 1.165) is 16.8 Å². The number of carbonyl (C=O) groups is 1. The Labute approximate surface area is 204 Å². The number of aromatic nitrogens is 1. The average Bonchev–Trinajstić information content (AvgIpc) is 3.16. The topological polar surface area (TPSA) is 111 Å². The smallest absolute Gasteiger partial charge is 0.261 e. The predicted octanol–water partition coefficient (Wildman–Crippen LogP) is 5.23. The summed E-state index contributed by atoms with van der Waals surface area (Å²) in [5.41, 5.74) is 3.80. The zero-order valence-electron chi connectivity index (χ0n) is 19.5. The molecule has 8 nitrogen and oxygen atoms in total. The lowest BCUT2D eigenvalue weighted by Crippen LogP contribution is -2.14. The first kappa shape index (κ1) is 24.0. The van der Waals surface area contributed by atoms with E-state index in [1.54, 1.807) is 72.8 Å². The second-order valence-corrected chi connectivity index (χ2v) is 9.72. The van der Waals surface area contributed by atoms with E-state index in [0.29, 0.717) is 28.4 Å². The lowest BCUT2D eigenvalue weighted by Gasteiger charge is -2.12. The van der Waals surface area contributed by atoms with Crippen molar-refractivity contribution in [2.45, 2.75) is 32.3 Å². The van der Waals surface area contributed by atoms with Crippen molar-refractivity contribution in [1.29, 1.82) is 0 Å². The van der Waals surface area contributed by atoms with Crippen LogP contribution in [0.15, 0.2) is 82.2 Å². The van der Waals surface area contributed by atoms with E-state index in [-0.39, 0.29) is 17.4 Å². The van der Waals surface area contributed by atoms with Gasteiger partial charge in [-0.15, -0.1) is 0 Å². The number of anilines is 2. The predicted molar refractivity (Wildman–Crippen MR) is 133 cm³/mol. The van der Waals surface area contributed by atoms with Gasteiger partial charge in [-0.05, 0) is 69.3 Å². The maximum absolute atomic E-state index is 12.9. The lowest BCUT2D eigenvalue weighted by molar-refractivity contribution is 0.102. The quantitative estimate of drug-likeness (QED) is 0.349. The summed E-state index contributed by atoms with van der Waals surface area (Å²) in [6.45, 7) is 5.75. The molecular weight excluding hydrogens is 466 g/mol. The van der Waals surface area contributed by atoms with Crippen LogP contribution in [0.5, 0.6) is 5.75 Å². The number of nitrogens with one attached hydrogen (secondary N) is 2. The Balaban J connectivity index is 1.43. The Kier molecular flexibility index (Phi) is 6.88. The summed E-state index contributed by atoms with van der Waals surface area (Å²) in [5.74, 6) is 0.738. The van der Waals surface area contributed by atoms with E-state index in [4.69, 9.17) is 9.26 Å². The van der Waals surface area contributed by atoms with Gasteiger partial charge in [-0.3, -0.25) is 9.52 Å². The molecule has 0 saturated heterocycles. The van der Waals surface area contributed by atoms with Gasteiger partial charge in [-0.25, -0.2) is 8.42 Å². The van der Waals surface area contributed by atoms with Crippen molar-refractivity contribution >= 4 is 27.3 Å². The number of hydrogen-bond donors (Lipinski definition) is 2. The molecule has 0 saturated carbocycles. The highest BCUT2D eigenvalue weighted by atomic mass is 32.2. The van der Waals surface area contributed by atoms with Crippen LogP contribution >= 0.6 is 0 Å². The van der Waals surface area contributed by atoms with E-state index in [2.05, 4.69) is 15.2 Å². The van der Waals surface area contributed by atoms with Crippen molar-refractivity contribution in [3.8, 4) is 5.75 Å². The van der Waals surface area contributed by atoms with Gasteiger partial charge in [0.25, 0.3) is 15.9 Å². The Hall–Kier alpha value is -4.11. The van der Waals surface area contributed by atoms with Crippen LogP contribution in [-0.4, -0.2) is 19.5 Å². The number of benzene rings is 3. The molecule has 1 aromatic heterocycles. The second kappa shape index (κ2) is 10.0. The molecule has 1 amide bonds. The minimum atomic E-state index is -3.71. The fourth-order valence-electron chi connectivity index (χ4n) is 3.39. The van der Waals surface area contributed by atoms with Gasteiger partial charge < -0.3 is 14.6 Å². The molecule has 35 heavy (non-hydrogen) atoms. The van der Waals surface area contributed by atoms with Gasteiger partial charge in [0.05, 0.1) is 21.7 Å². The van der Waals surface area contributed by atoms with Crippen molar-refractivity contribution in [1.82, 2.24) is 5.16 Å². The molecule has 0 spiro atoms. The highest BCUT2D eigenvalue weighted by Crippen LogP contribution is 2.24. The van der Waals surface area contributed by atoms with E-state index >= 15 is 0 Å². The summed E-state index contributed by atoms with van der Waals surface area (Å²) in [4.78, 5) is 13.1. The number of sulfonamides is 1. The van der Waals surface area contributed by atoms with Crippen LogP contribution in [0.1, 0.15) is 32.9 Å². The van der Waals surface area contributed by atoms with Crippen LogP contribution in [0.3, 0.4) is 0 Å². The Bertz CT molecular complexity index is 1420. The summed E-state index contributed by atoms with van der Waals surface area (Å²) >= 11 is 0. The molecule has 0 unspecified atom stereocenters. The molecule has 0 bridgehead atoms. The molecule has 4 aromatic rings. The summed E-state index contributed by atoms with van der Waals surface area (Å²) in [5, 5.41) is 6.73. The van der Waals surface area contributed by atoms with Crippen LogP contribution in [0.4, 0.5) is 11.4 Å². The number of aryl methyl sites for hydroxylation is 3. The number of rotatable bonds is 8. The molecule has 0 radical (unpaired) electrons. The largest absolute Gasteiger partial charge is 0.488 e. The fourth-order valence-corrected chi connectivity index (χ4v) is 4.45. The third-order valence-electron chi connectivity index (χ3n) is 5.41. The molecule has 9 heteroatoms. The summed E-state index contributed by atoms with van der Waals surface area (Å²) in [7, 11) is -3.71. The molecule has 0 aliphatic rings. The molecule has 2 N–H and O–H groups in total. The first-order valence-electron chi connectivity index (χ1n) is 10.9. The van der Waals surface area contributed by atoms with E-state index in [9.17, 15) is 13.2 Å². The lowest BCUT2D eigenvalue weighted by atomic mass is 10.1. The first-order chi connectivity index (χ1) is 16.7. The fraction of sp³-hybridized carbons (Fsp3) is 0.154. The third-order valence-corrected chi connectivity index (χ3v) is 6.81. The Morgan fingerprint density at radius 1 is 0.914 bits per heavy atom. The number of para-hydroxylation sites is 1. The van der Waals surface area contributed by atoms with Crippen molar-refractivity contribution < 1.29 is 22.5 Å². The second-order valence-electron chi connectivity index (χ2n) is 8.04. The summed E-state index contributed by atoms with van der Waals surface area (Å²) < 4.78 is 38.8. The Morgan fingerprint density at radius 2 is 1.57 bits per heavy atom. The van der Waals surface area contributed by atoms with Crippen LogP contribution in [0, 0.1) is 20.8 Å². The molecule has 0 aliphatic heterocycles. The highest BCUT2D eigenvalue weighted by molar-refractivity contribution is 7.92. The van der Waals surface area contributed by atoms with E-state index < -0.39 is 10.0 Å². The molecule has 0 aliphatic carbocycles. The average molecular weight is 492 g/mol. The zero-order chi connectivity index (χ0) is 25.0. The molecule has 4 rings (SSSR count). The normalized spacial score (nSPS) is 11.2. The van der Waals surface area contributed by atoms with E-state index in [1.807, 2.05) is 20.8 Å². The third kappa shape index (κ3) is 5.70. The zero-order valence-corrected chi connectivity index (χ0v) is 20.3. The van der Waals surface area contributed by atoms with Gasteiger partial charge in [0.1, 0.15) is 18.1 Å². The minimum absolute atomic E-state index is 0.175. The SMILES string of the molecule is Cc1ccc(S(=O)(=O)Nc2ccc(NC(=O)c3ccccc3OCc3c(C)noc3C)cc2)cc1. The van der Waals surface area contributed by atoms with Crippen molar-refractivity contribution in [2.24, 2.45) is 0 Å². The number of amides is 1. The van der Waals surface area contributed by atoms with Crippen LogP contribution in [-0.2, 0) is 16.6 Å². The van der Waals surface area contributed by atoms with Crippen LogP contribution in [0.2, 0.25) is 0 Å². The van der Waals surface area contributed by atoms with E-state index in [1.165, 1.54) is 0 Å². The van der Waals surface area contributed by atoms with Crippen LogP contribution in [0.25, 0.3) is 0 Å². The molecular formula is C26H25N3O5S. The number of ether oxygens (including phenoxy) is 1. The van der Waals surface area contributed by atoms with Gasteiger partial charge in [-0.1, -0.05) is 35.0 Å². The van der Waals surface area contributed by atoms with Crippen molar-refractivity contribution in [3.05, 3.63) is 101 Å². The monoisotopic (exact) mass is 491 g/mol. The van der Waals surface area contributed by atoms with Gasteiger partial charge >= 0.3 is 0 Å². The maximum atomic E-state index is 12.9. The van der Waals surface area contributed by atoms with Gasteiger partial charge in [-0.2, -0.15) is 0 Å². The molecule has 1 heterocycles. The van der Waals surface area contributed by atoms with Crippen molar-refractivity contribution in [3.63, 3.8) is 0 Å². The van der Waals surface area contributed by atoms with Crippen LogP contribution < -0.4 is 14.8 Å². The number of carbonyl (C=O) groups excluding carboxylic acids is 1. The van der Waals surface area contributed by atoms with Gasteiger partial charge in [0.15, 0.2) is 0 Å². The Morgan fingerprint density at radius 3 is 2.23 bits per heavy atom.